The molecule has 50 valence electrons. The Morgan fingerprint density at radius 2 is 2.50 bits per heavy atom. The predicted molar refractivity (Wildman–Crippen MR) is 40.6 cm³/mol. The molecule has 0 aliphatic heterocycles. The van der Waals surface area contributed by atoms with Crippen molar-refractivity contribution in [3.8, 4) is 11.8 Å². The van der Waals surface area contributed by atoms with Crippen molar-refractivity contribution in [3.63, 3.8) is 0 Å². The molecular formula is C8H5ClO. The fourth-order valence-corrected chi connectivity index (χ4v) is 0.557. The lowest BCUT2D eigenvalue weighted by Crippen LogP contribution is -1.59. The Hall–Kier alpha value is -1.13. The van der Waals surface area contributed by atoms with Gasteiger partial charge >= 0.3 is 0 Å². The lowest BCUT2D eigenvalue weighted by atomic mass is 10.4. The normalized spacial score (nSPS) is 9.30. The third-order valence-corrected chi connectivity index (χ3v) is 0.989. The van der Waals surface area contributed by atoms with Gasteiger partial charge in [0.1, 0.15) is 0 Å². The number of hydrogen-bond acceptors (Lipinski definition) is 1. The van der Waals surface area contributed by atoms with Crippen molar-refractivity contribution in [1.82, 2.24) is 0 Å². The van der Waals surface area contributed by atoms with Gasteiger partial charge in [-0.1, -0.05) is 17.5 Å². The Bertz CT molecular complexity index is 261. The van der Waals surface area contributed by atoms with Gasteiger partial charge in [0, 0.05) is 5.54 Å². The molecular weight excluding hydrogens is 148 g/mol. The van der Waals surface area contributed by atoms with Gasteiger partial charge in [0.2, 0.25) is 0 Å². The predicted octanol–water partition coefficient (Wildman–Crippen LogP) is 2.38. The molecule has 0 fully saturated rings. The zero-order chi connectivity index (χ0) is 7.23. The van der Waals surface area contributed by atoms with E-state index in [0.717, 1.165) is 0 Å². The van der Waals surface area contributed by atoms with Gasteiger partial charge in [-0.3, -0.25) is 0 Å². The number of furan rings is 1. The average Bonchev–Trinajstić information content (AvgIpc) is 2.41. The van der Waals surface area contributed by atoms with E-state index in [1.165, 1.54) is 5.54 Å². The van der Waals surface area contributed by atoms with Crippen LogP contribution in [0.1, 0.15) is 5.76 Å². The van der Waals surface area contributed by atoms with Crippen LogP contribution < -0.4 is 0 Å². The highest BCUT2D eigenvalue weighted by molar-refractivity contribution is 6.25. The Morgan fingerprint density at radius 3 is 3.10 bits per heavy atom. The van der Waals surface area contributed by atoms with Gasteiger partial charge in [-0.2, -0.15) is 0 Å². The van der Waals surface area contributed by atoms with Crippen LogP contribution in [-0.2, 0) is 0 Å². The molecule has 1 heterocycles. The highest BCUT2D eigenvalue weighted by Crippen LogP contribution is 1.95. The smallest absolute Gasteiger partial charge is 0.176 e. The summed E-state index contributed by atoms with van der Waals surface area (Å²) in [7, 11) is 0. The van der Waals surface area contributed by atoms with Gasteiger partial charge in [-0.25, -0.2) is 0 Å². The first-order valence-electron chi connectivity index (χ1n) is 2.74. The van der Waals surface area contributed by atoms with Crippen molar-refractivity contribution < 1.29 is 4.42 Å². The van der Waals surface area contributed by atoms with Gasteiger partial charge in [-0.15, -0.1) is 0 Å². The minimum Gasteiger partial charge on any atom is -0.456 e. The lowest BCUT2D eigenvalue weighted by Gasteiger charge is -1.72. The van der Waals surface area contributed by atoms with Gasteiger partial charge < -0.3 is 4.42 Å². The summed E-state index contributed by atoms with van der Waals surface area (Å²) in [4.78, 5) is 0. The number of hydrogen-bond donors (Lipinski definition) is 0. The standard InChI is InChI=1S/C8H5ClO/c9-6-2-1-4-8-5-3-7-10-8/h2-3,5-7H/b6-2-. The summed E-state index contributed by atoms with van der Waals surface area (Å²) in [6.45, 7) is 0. The average molecular weight is 153 g/mol. The highest BCUT2D eigenvalue weighted by Gasteiger charge is 1.82. The molecule has 0 unspecified atom stereocenters. The van der Waals surface area contributed by atoms with Crippen LogP contribution in [0.5, 0.6) is 0 Å². The van der Waals surface area contributed by atoms with Gasteiger partial charge in [0.05, 0.1) is 6.26 Å². The van der Waals surface area contributed by atoms with Gasteiger partial charge in [0.15, 0.2) is 5.76 Å². The summed E-state index contributed by atoms with van der Waals surface area (Å²) in [6, 6.07) is 3.57. The quantitative estimate of drug-likeness (QED) is 0.521. The molecule has 0 aliphatic rings. The monoisotopic (exact) mass is 152 g/mol. The zero-order valence-corrected chi connectivity index (χ0v) is 5.93. The van der Waals surface area contributed by atoms with Crippen molar-refractivity contribution in [2.75, 3.05) is 0 Å². The second-order valence-corrected chi connectivity index (χ2v) is 1.79. The summed E-state index contributed by atoms with van der Waals surface area (Å²) < 4.78 is 4.93. The van der Waals surface area contributed by atoms with E-state index in [1.807, 2.05) is 0 Å². The first-order valence-corrected chi connectivity index (χ1v) is 3.17. The summed E-state index contributed by atoms with van der Waals surface area (Å²) >= 11 is 5.23. The maximum atomic E-state index is 5.23. The van der Waals surface area contributed by atoms with E-state index in [2.05, 4.69) is 11.8 Å². The number of halogens is 1. The maximum absolute atomic E-state index is 5.23. The Kier molecular flexibility index (Phi) is 2.66. The molecule has 2 heteroatoms. The summed E-state index contributed by atoms with van der Waals surface area (Å²) in [5, 5.41) is 0. The molecule has 0 aliphatic carbocycles. The summed E-state index contributed by atoms with van der Waals surface area (Å²) in [5.74, 6) is 6.07. The second-order valence-electron chi connectivity index (χ2n) is 1.54. The van der Waals surface area contributed by atoms with Crippen molar-refractivity contribution >= 4 is 11.6 Å². The fourth-order valence-electron chi connectivity index (χ4n) is 0.494. The molecule has 0 spiro atoms. The van der Waals surface area contributed by atoms with Gasteiger partial charge in [-0.05, 0) is 24.1 Å². The molecule has 0 amide bonds. The molecule has 0 saturated heterocycles. The minimum absolute atomic E-state index is 0.648. The zero-order valence-electron chi connectivity index (χ0n) is 5.17. The molecule has 10 heavy (non-hydrogen) atoms. The Balaban J connectivity index is 2.66. The van der Waals surface area contributed by atoms with Crippen LogP contribution in [0.2, 0.25) is 0 Å². The van der Waals surface area contributed by atoms with Crippen LogP contribution in [0.25, 0.3) is 0 Å². The minimum atomic E-state index is 0.648. The first-order chi connectivity index (χ1) is 4.93. The van der Waals surface area contributed by atoms with E-state index in [4.69, 9.17) is 16.0 Å². The molecule has 0 bridgehead atoms. The topological polar surface area (TPSA) is 13.1 Å². The van der Waals surface area contributed by atoms with E-state index in [9.17, 15) is 0 Å². The molecule has 0 N–H and O–H groups in total. The van der Waals surface area contributed by atoms with E-state index in [0.29, 0.717) is 5.76 Å². The van der Waals surface area contributed by atoms with E-state index >= 15 is 0 Å². The summed E-state index contributed by atoms with van der Waals surface area (Å²) in [6.07, 6.45) is 3.12. The van der Waals surface area contributed by atoms with E-state index in [1.54, 1.807) is 24.5 Å². The maximum Gasteiger partial charge on any atom is 0.176 e. The fraction of sp³-hybridized carbons (Fsp3) is 0. The molecule has 1 rings (SSSR count). The van der Waals surface area contributed by atoms with Crippen molar-refractivity contribution in [3.05, 3.63) is 35.8 Å². The molecule has 1 nitrogen and oxygen atoms in total. The van der Waals surface area contributed by atoms with Crippen molar-refractivity contribution in [1.29, 1.82) is 0 Å². The number of allylic oxidation sites excluding steroid dienone is 1. The first kappa shape index (κ1) is 6.98. The van der Waals surface area contributed by atoms with E-state index < -0.39 is 0 Å². The van der Waals surface area contributed by atoms with Crippen LogP contribution in [-0.4, -0.2) is 0 Å². The van der Waals surface area contributed by atoms with Crippen LogP contribution >= 0.6 is 11.6 Å². The molecule has 0 saturated carbocycles. The lowest BCUT2D eigenvalue weighted by molar-refractivity contribution is 0.554. The molecule has 1 aromatic rings. The van der Waals surface area contributed by atoms with Crippen molar-refractivity contribution in [2.45, 2.75) is 0 Å². The van der Waals surface area contributed by atoms with Crippen molar-refractivity contribution in [2.24, 2.45) is 0 Å². The van der Waals surface area contributed by atoms with Gasteiger partial charge in [0.25, 0.3) is 0 Å². The third kappa shape index (κ3) is 2.00. The molecule has 0 radical (unpaired) electrons. The largest absolute Gasteiger partial charge is 0.456 e. The highest BCUT2D eigenvalue weighted by atomic mass is 35.5. The number of rotatable bonds is 0. The molecule has 0 aromatic carbocycles. The second kappa shape index (κ2) is 3.81. The SMILES string of the molecule is Cl/C=C\C#Cc1ccco1. The van der Waals surface area contributed by atoms with E-state index in [-0.39, 0.29) is 0 Å². The third-order valence-electron chi connectivity index (χ3n) is 0.863. The Labute approximate surface area is 64.3 Å². The molecule has 0 atom stereocenters. The van der Waals surface area contributed by atoms with Crippen LogP contribution in [0, 0.1) is 11.8 Å². The summed E-state index contributed by atoms with van der Waals surface area (Å²) in [5.41, 5.74) is 1.36. The molecule has 1 aromatic heterocycles. The van der Waals surface area contributed by atoms with Crippen LogP contribution in [0.4, 0.5) is 0 Å². The van der Waals surface area contributed by atoms with Crippen LogP contribution in [0.3, 0.4) is 0 Å². The van der Waals surface area contributed by atoms with Crippen LogP contribution in [0.15, 0.2) is 34.4 Å². The Morgan fingerprint density at radius 1 is 1.60 bits per heavy atom.